The lowest BCUT2D eigenvalue weighted by Crippen LogP contribution is -2.36. The van der Waals surface area contributed by atoms with Gasteiger partial charge in [0, 0.05) is 0 Å². The molecule has 0 amide bonds. The van der Waals surface area contributed by atoms with E-state index in [9.17, 15) is 17.6 Å². The van der Waals surface area contributed by atoms with E-state index in [4.69, 9.17) is 10.2 Å². The Kier molecular flexibility index (Phi) is 6.27. The maximum atomic E-state index is 11.3. The van der Waals surface area contributed by atoms with Gasteiger partial charge in [0.25, 0.3) is 0 Å². The zero-order chi connectivity index (χ0) is 13.7. The van der Waals surface area contributed by atoms with E-state index in [-0.39, 0.29) is 0 Å². The third-order valence-corrected chi connectivity index (χ3v) is 2.73. The Morgan fingerprint density at radius 3 is 1.17 bits per heavy atom. The molecule has 0 radical (unpaired) electrons. The molecule has 2 N–H and O–H groups in total. The van der Waals surface area contributed by atoms with Crippen LogP contribution in [0.15, 0.2) is 0 Å². The highest BCUT2D eigenvalue weighted by atomic mass is 19.3. The van der Waals surface area contributed by atoms with E-state index in [1.54, 1.807) is 0 Å². The molecule has 0 heterocycles. The van der Waals surface area contributed by atoms with Crippen molar-refractivity contribution in [1.82, 2.24) is 0 Å². The van der Waals surface area contributed by atoms with E-state index >= 15 is 0 Å². The summed E-state index contributed by atoms with van der Waals surface area (Å²) in [5, 5.41) is 17.2. The molecule has 2 aliphatic carbocycles. The lowest BCUT2D eigenvalue weighted by molar-refractivity contribution is -0.200. The lowest BCUT2D eigenvalue weighted by Gasteiger charge is -2.30. The first-order chi connectivity index (χ1) is 8.36. The standard InChI is InChI=1S/2C5H8F2O2/c2*6-5(7)9-4-1-3(8)2-4/h2*3-5,8H,1-2H2. The zero-order valence-electron chi connectivity index (χ0n) is 9.52. The maximum Gasteiger partial charge on any atom is 0.345 e. The predicted molar refractivity (Wildman–Crippen MR) is 52.2 cm³/mol. The van der Waals surface area contributed by atoms with Crippen LogP contribution in [-0.2, 0) is 9.47 Å². The minimum Gasteiger partial charge on any atom is -0.393 e. The fraction of sp³-hybridized carbons (Fsp3) is 1.00. The minimum absolute atomic E-state index is 0.352. The van der Waals surface area contributed by atoms with Crippen LogP contribution in [0.5, 0.6) is 0 Å². The lowest BCUT2D eigenvalue weighted by atomic mass is 9.92. The summed E-state index contributed by atoms with van der Waals surface area (Å²) < 4.78 is 53.4. The van der Waals surface area contributed by atoms with Gasteiger partial charge in [-0.05, 0) is 25.7 Å². The second-order valence-electron chi connectivity index (χ2n) is 4.29. The number of ether oxygens (including phenoxy) is 2. The van der Waals surface area contributed by atoms with Gasteiger partial charge < -0.3 is 19.7 Å². The molecule has 0 bridgehead atoms. The SMILES string of the molecule is OC1CC(OC(F)F)C1.OC1CC(OC(F)F)C1. The predicted octanol–water partition coefficient (Wildman–Crippen LogP) is 1.50. The third kappa shape index (κ3) is 5.94. The van der Waals surface area contributed by atoms with Gasteiger partial charge in [0.15, 0.2) is 0 Å². The van der Waals surface area contributed by atoms with Crippen molar-refractivity contribution in [3.8, 4) is 0 Å². The van der Waals surface area contributed by atoms with Crippen LogP contribution in [0.1, 0.15) is 25.7 Å². The van der Waals surface area contributed by atoms with Gasteiger partial charge in [-0.3, -0.25) is 0 Å². The molecule has 0 atom stereocenters. The molecular formula is C10H16F4O4. The maximum absolute atomic E-state index is 11.3. The van der Waals surface area contributed by atoms with Crippen molar-refractivity contribution in [1.29, 1.82) is 0 Å². The fourth-order valence-corrected chi connectivity index (χ4v) is 1.59. The van der Waals surface area contributed by atoms with Crippen molar-refractivity contribution in [3.05, 3.63) is 0 Å². The molecule has 8 heteroatoms. The number of aliphatic hydroxyl groups excluding tert-OH is 2. The first-order valence-corrected chi connectivity index (χ1v) is 5.60. The Labute approximate surface area is 101 Å². The van der Waals surface area contributed by atoms with Crippen LogP contribution in [0.3, 0.4) is 0 Å². The molecule has 0 unspecified atom stereocenters. The Bertz CT molecular complexity index is 206. The van der Waals surface area contributed by atoms with Gasteiger partial charge in [-0.15, -0.1) is 0 Å². The molecular weight excluding hydrogens is 260 g/mol. The Morgan fingerprint density at radius 1 is 0.722 bits per heavy atom. The molecule has 0 saturated heterocycles. The van der Waals surface area contributed by atoms with Crippen LogP contribution in [0.25, 0.3) is 0 Å². The Balaban J connectivity index is 0.000000180. The van der Waals surface area contributed by atoms with Crippen LogP contribution in [0.2, 0.25) is 0 Å². The molecule has 18 heavy (non-hydrogen) atoms. The number of aliphatic hydroxyl groups is 2. The first-order valence-electron chi connectivity index (χ1n) is 5.60. The highest BCUT2D eigenvalue weighted by molar-refractivity contribution is 4.79. The van der Waals surface area contributed by atoms with Gasteiger partial charge in [0.05, 0.1) is 24.4 Å². The normalized spacial score (nSPS) is 34.7. The number of halogens is 4. The van der Waals surface area contributed by atoms with E-state index in [1.807, 2.05) is 0 Å². The van der Waals surface area contributed by atoms with Crippen molar-refractivity contribution >= 4 is 0 Å². The van der Waals surface area contributed by atoms with E-state index in [2.05, 4.69) is 9.47 Å². The van der Waals surface area contributed by atoms with Crippen molar-refractivity contribution in [2.75, 3.05) is 0 Å². The largest absolute Gasteiger partial charge is 0.393 e. The topological polar surface area (TPSA) is 58.9 Å². The molecule has 0 aliphatic heterocycles. The van der Waals surface area contributed by atoms with Crippen LogP contribution in [-0.4, -0.2) is 47.9 Å². The fourth-order valence-electron chi connectivity index (χ4n) is 1.59. The minimum atomic E-state index is -2.69. The quantitative estimate of drug-likeness (QED) is 0.764. The molecule has 0 spiro atoms. The van der Waals surface area contributed by atoms with Crippen molar-refractivity contribution < 1.29 is 37.2 Å². The van der Waals surface area contributed by atoms with E-state index in [1.165, 1.54) is 0 Å². The molecule has 108 valence electrons. The molecule has 4 nitrogen and oxygen atoms in total. The third-order valence-electron chi connectivity index (χ3n) is 2.73. The summed E-state index contributed by atoms with van der Waals surface area (Å²) in [6.45, 7) is -5.38. The van der Waals surface area contributed by atoms with Crippen molar-refractivity contribution in [3.63, 3.8) is 0 Å². The number of hydrogen-bond acceptors (Lipinski definition) is 4. The van der Waals surface area contributed by atoms with Gasteiger partial charge in [0.2, 0.25) is 0 Å². The molecule has 2 fully saturated rings. The molecule has 0 aromatic heterocycles. The molecule has 0 aromatic rings. The summed E-state index contributed by atoms with van der Waals surface area (Å²) in [5.74, 6) is 0. The van der Waals surface area contributed by atoms with Crippen LogP contribution < -0.4 is 0 Å². The van der Waals surface area contributed by atoms with Crippen molar-refractivity contribution in [2.24, 2.45) is 0 Å². The Morgan fingerprint density at radius 2 is 1.00 bits per heavy atom. The van der Waals surface area contributed by atoms with Crippen LogP contribution >= 0.6 is 0 Å². The van der Waals surface area contributed by atoms with Crippen LogP contribution in [0, 0.1) is 0 Å². The second kappa shape index (κ2) is 7.22. The second-order valence-corrected chi connectivity index (χ2v) is 4.29. The van der Waals surface area contributed by atoms with Gasteiger partial charge in [-0.25, -0.2) is 0 Å². The first kappa shape index (κ1) is 15.6. The highest BCUT2D eigenvalue weighted by Gasteiger charge is 2.30. The smallest absolute Gasteiger partial charge is 0.345 e. The molecule has 2 aliphatic rings. The number of hydrogen-bond donors (Lipinski definition) is 2. The summed E-state index contributed by atoms with van der Waals surface area (Å²) in [7, 11) is 0. The van der Waals surface area contributed by atoms with Gasteiger partial charge in [-0.1, -0.05) is 0 Å². The Hall–Kier alpha value is -0.440. The monoisotopic (exact) mass is 276 g/mol. The average molecular weight is 276 g/mol. The summed E-state index contributed by atoms with van der Waals surface area (Å²) in [6, 6.07) is 0. The number of alkyl halides is 4. The summed E-state index contributed by atoms with van der Waals surface area (Å²) >= 11 is 0. The van der Waals surface area contributed by atoms with E-state index in [0.717, 1.165) is 0 Å². The average Bonchev–Trinajstić information content (AvgIpc) is 2.12. The number of rotatable bonds is 4. The van der Waals surface area contributed by atoms with Gasteiger partial charge >= 0.3 is 13.2 Å². The summed E-state index contributed by atoms with van der Waals surface area (Å²) in [5.41, 5.74) is 0. The van der Waals surface area contributed by atoms with E-state index in [0.29, 0.717) is 25.7 Å². The van der Waals surface area contributed by atoms with Gasteiger partial charge in [0.1, 0.15) is 0 Å². The highest BCUT2D eigenvalue weighted by Crippen LogP contribution is 2.25. The van der Waals surface area contributed by atoms with Crippen molar-refractivity contribution in [2.45, 2.75) is 63.3 Å². The van der Waals surface area contributed by atoms with Crippen LogP contribution in [0.4, 0.5) is 17.6 Å². The van der Waals surface area contributed by atoms with E-state index < -0.39 is 37.6 Å². The summed E-state index contributed by atoms with van der Waals surface area (Å²) in [6.07, 6.45) is -0.272. The molecule has 2 rings (SSSR count). The zero-order valence-corrected chi connectivity index (χ0v) is 9.52. The summed E-state index contributed by atoms with van der Waals surface area (Å²) in [4.78, 5) is 0. The molecule has 0 aromatic carbocycles. The molecule has 2 saturated carbocycles. The van der Waals surface area contributed by atoms with Gasteiger partial charge in [-0.2, -0.15) is 17.6 Å².